The molecular weight excluding hydrogens is 208 g/mol. The largest absolute Gasteiger partial charge is 0.490 e. The molecule has 1 aliphatic heterocycles. The topological polar surface area (TPSA) is 47.6 Å². The molecule has 0 amide bonds. The van der Waals surface area contributed by atoms with E-state index < -0.39 is 0 Å². The number of hydrogen-bond donors (Lipinski definition) is 1. The smallest absolute Gasteiger partial charge is 0.141 e. The maximum absolute atomic E-state index is 5.95. The van der Waals surface area contributed by atoms with Gasteiger partial charge in [0.05, 0.1) is 6.04 Å². The van der Waals surface area contributed by atoms with Crippen molar-refractivity contribution in [2.45, 2.75) is 26.3 Å². The molecule has 3 nitrogen and oxygen atoms in total. The van der Waals surface area contributed by atoms with E-state index in [1.54, 1.807) is 11.3 Å². The van der Waals surface area contributed by atoms with Crippen molar-refractivity contribution in [1.82, 2.24) is 0 Å². The number of fused-ring (bicyclic) bond motifs is 1. The van der Waals surface area contributed by atoms with Gasteiger partial charge in [0.1, 0.15) is 23.1 Å². The van der Waals surface area contributed by atoms with E-state index in [4.69, 9.17) is 10.5 Å². The lowest BCUT2D eigenvalue weighted by Gasteiger charge is -2.17. The highest BCUT2D eigenvalue weighted by Crippen LogP contribution is 2.28. The average molecular weight is 224 g/mol. The minimum absolute atomic E-state index is 0.189. The first kappa shape index (κ1) is 10.5. The van der Waals surface area contributed by atoms with E-state index in [0.717, 1.165) is 17.0 Å². The quantitative estimate of drug-likeness (QED) is 0.837. The van der Waals surface area contributed by atoms with Crippen molar-refractivity contribution >= 4 is 17.2 Å². The number of rotatable bonds is 2. The molecule has 0 bridgehead atoms. The molecule has 1 unspecified atom stereocenters. The zero-order valence-corrected chi connectivity index (χ0v) is 9.88. The van der Waals surface area contributed by atoms with Crippen molar-refractivity contribution in [2.24, 2.45) is 16.6 Å². The highest BCUT2D eigenvalue weighted by molar-refractivity contribution is 7.12. The van der Waals surface area contributed by atoms with Gasteiger partial charge in [0.25, 0.3) is 0 Å². The molecule has 2 atom stereocenters. The summed E-state index contributed by atoms with van der Waals surface area (Å²) >= 11 is 1.59. The molecule has 2 heterocycles. The van der Waals surface area contributed by atoms with Gasteiger partial charge in [0.15, 0.2) is 0 Å². The van der Waals surface area contributed by atoms with Crippen LogP contribution in [0.4, 0.5) is 0 Å². The molecule has 0 aromatic carbocycles. The van der Waals surface area contributed by atoms with E-state index in [1.165, 1.54) is 0 Å². The van der Waals surface area contributed by atoms with Crippen LogP contribution in [0.15, 0.2) is 16.4 Å². The van der Waals surface area contributed by atoms with Gasteiger partial charge in [-0.15, -0.1) is 11.3 Å². The van der Waals surface area contributed by atoms with E-state index in [0.29, 0.717) is 18.4 Å². The third-order valence-electron chi connectivity index (χ3n) is 2.88. The van der Waals surface area contributed by atoms with Crippen molar-refractivity contribution in [3.63, 3.8) is 0 Å². The molecular formula is C11H16N2OS. The van der Waals surface area contributed by atoms with E-state index in [-0.39, 0.29) is 6.04 Å². The first-order valence-corrected chi connectivity index (χ1v) is 6.14. The number of aliphatic imine (C=N–C) groups is 1. The number of nitrogens with zero attached hydrogens (tertiary/aromatic N) is 1. The lowest BCUT2D eigenvalue weighted by molar-refractivity contribution is 0.255. The molecule has 0 radical (unpaired) electrons. The van der Waals surface area contributed by atoms with Gasteiger partial charge in [-0.2, -0.15) is 0 Å². The van der Waals surface area contributed by atoms with E-state index >= 15 is 0 Å². The van der Waals surface area contributed by atoms with Crippen LogP contribution in [0.5, 0.6) is 5.75 Å². The zero-order valence-electron chi connectivity index (χ0n) is 9.06. The van der Waals surface area contributed by atoms with Crippen LogP contribution in [0.2, 0.25) is 0 Å². The van der Waals surface area contributed by atoms with Gasteiger partial charge in [-0.25, -0.2) is 0 Å². The Bertz CT molecular complexity index is 372. The van der Waals surface area contributed by atoms with Crippen LogP contribution in [-0.4, -0.2) is 18.5 Å². The predicted octanol–water partition coefficient (Wildman–Crippen LogP) is 2.26. The SMILES string of the molecule is CCC(C)[C@H]1COc2ccsc2C(N)=N1. The Hall–Kier alpha value is -1.03. The summed E-state index contributed by atoms with van der Waals surface area (Å²) in [6, 6.07) is 2.15. The lowest BCUT2D eigenvalue weighted by Crippen LogP contribution is -2.24. The monoisotopic (exact) mass is 224 g/mol. The molecule has 0 spiro atoms. The molecule has 82 valence electrons. The van der Waals surface area contributed by atoms with Gasteiger partial charge in [-0.1, -0.05) is 20.3 Å². The fourth-order valence-electron chi connectivity index (χ4n) is 1.61. The molecule has 4 heteroatoms. The van der Waals surface area contributed by atoms with Crippen molar-refractivity contribution in [3.8, 4) is 5.75 Å². The van der Waals surface area contributed by atoms with Crippen LogP contribution in [0.1, 0.15) is 25.1 Å². The molecule has 2 N–H and O–H groups in total. The first-order chi connectivity index (χ1) is 7.22. The summed E-state index contributed by atoms with van der Waals surface area (Å²) in [5.74, 6) is 2.02. The third-order valence-corrected chi connectivity index (χ3v) is 3.80. The Kier molecular flexibility index (Phi) is 2.95. The van der Waals surface area contributed by atoms with E-state index in [2.05, 4.69) is 18.8 Å². The van der Waals surface area contributed by atoms with Crippen LogP contribution in [0.25, 0.3) is 0 Å². The van der Waals surface area contributed by atoms with Crippen LogP contribution >= 0.6 is 11.3 Å². The molecule has 1 aliphatic rings. The van der Waals surface area contributed by atoms with Gasteiger partial charge in [0.2, 0.25) is 0 Å². The van der Waals surface area contributed by atoms with Gasteiger partial charge >= 0.3 is 0 Å². The van der Waals surface area contributed by atoms with E-state index in [9.17, 15) is 0 Å². The van der Waals surface area contributed by atoms with Gasteiger partial charge in [0, 0.05) is 0 Å². The summed E-state index contributed by atoms with van der Waals surface area (Å²) in [6.07, 6.45) is 1.10. The van der Waals surface area contributed by atoms with E-state index in [1.807, 2.05) is 11.4 Å². The maximum atomic E-state index is 5.95. The number of ether oxygens (including phenoxy) is 1. The van der Waals surface area contributed by atoms with Crippen LogP contribution in [0.3, 0.4) is 0 Å². The zero-order chi connectivity index (χ0) is 10.8. The molecule has 1 aromatic heterocycles. The molecule has 0 fully saturated rings. The van der Waals surface area contributed by atoms with Crippen molar-refractivity contribution in [3.05, 3.63) is 16.3 Å². The van der Waals surface area contributed by atoms with Crippen molar-refractivity contribution in [2.75, 3.05) is 6.61 Å². The summed E-state index contributed by atoms with van der Waals surface area (Å²) in [6.45, 7) is 4.99. The number of hydrogen-bond acceptors (Lipinski definition) is 4. The minimum Gasteiger partial charge on any atom is -0.490 e. The van der Waals surface area contributed by atoms with Crippen LogP contribution in [0, 0.1) is 5.92 Å². The van der Waals surface area contributed by atoms with Crippen LogP contribution in [-0.2, 0) is 0 Å². The molecule has 2 rings (SSSR count). The Labute approximate surface area is 94.0 Å². The van der Waals surface area contributed by atoms with Gasteiger partial charge in [-0.05, 0) is 17.4 Å². The van der Waals surface area contributed by atoms with Crippen molar-refractivity contribution in [1.29, 1.82) is 0 Å². The lowest BCUT2D eigenvalue weighted by atomic mass is 10.0. The Morgan fingerprint density at radius 3 is 3.27 bits per heavy atom. The Morgan fingerprint density at radius 1 is 1.73 bits per heavy atom. The highest BCUT2D eigenvalue weighted by Gasteiger charge is 2.22. The normalized spacial score (nSPS) is 22.3. The fraction of sp³-hybridized carbons (Fsp3) is 0.545. The Morgan fingerprint density at radius 2 is 2.53 bits per heavy atom. The minimum atomic E-state index is 0.189. The number of amidine groups is 1. The predicted molar refractivity (Wildman–Crippen MR) is 63.8 cm³/mol. The summed E-state index contributed by atoms with van der Waals surface area (Å²) in [7, 11) is 0. The molecule has 0 aliphatic carbocycles. The second-order valence-electron chi connectivity index (χ2n) is 3.89. The van der Waals surface area contributed by atoms with Gasteiger partial charge < -0.3 is 10.5 Å². The standard InChI is InChI=1S/C11H16N2OS/c1-3-7(2)8-6-14-9-4-5-15-10(9)11(12)13-8/h4-5,7-8H,3,6H2,1-2H3,(H2,12,13)/t7?,8-/m1/s1. The van der Waals surface area contributed by atoms with Crippen LogP contribution < -0.4 is 10.5 Å². The molecule has 0 saturated heterocycles. The second-order valence-corrected chi connectivity index (χ2v) is 4.81. The average Bonchev–Trinajstić information content (AvgIpc) is 2.65. The Balaban J connectivity index is 2.26. The van der Waals surface area contributed by atoms with Gasteiger partial charge in [-0.3, -0.25) is 4.99 Å². The third kappa shape index (κ3) is 2.00. The maximum Gasteiger partial charge on any atom is 0.141 e. The summed E-state index contributed by atoms with van der Waals surface area (Å²) < 4.78 is 5.71. The summed E-state index contributed by atoms with van der Waals surface area (Å²) in [5.41, 5.74) is 5.95. The molecule has 15 heavy (non-hydrogen) atoms. The summed E-state index contributed by atoms with van der Waals surface area (Å²) in [5, 5.41) is 1.98. The fourth-order valence-corrected chi connectivity index (χ4v) is 2.36. The molecule has 1 aromatic rings. The first-order valence-electron chi connectivity index (χ1n) is 5.26. The summed E-state index contributed by atoms with van der Waals surface area (Å²) in [4.78, 5) is 5.51. The second kappa shape index (κ2) is 4.23. The molecule has 0 saturated carbocycles. The highest BCUT2D eigenvalue weighted by atomic mass is 32.1. The number of nitrogens with two attached hydrogens (primary N) is 1. The van der Waals surface area contributed by atoms with Crippen molar-refractivity contribution < 1.29 is 4.74 Å². The number of thiophene rings is 1.